The first-order valence-electron chi connectivity index (χ1n) is 7.17. The van der Waals surface area contributed by atoms with Gasteiger partial charge in [0.05, 0.1) is 0 Å². The van der Waals surface area contributed by atoms with E-state index >= 15 is 0 Å². The van der Waals surface area contributed by atoms with E-state index in [0.717, 1.165) is 16.9 Å². The molecule has 1 amide bonds. The first-order valence-corrected chi connectivity index (χ1v) is 7.17. The Labute approximate surface area is 126 Å². The van der Waals surface area contributed by atoms with E-state index in [2.05, 4.69) is 55.7 Å². The largest absolute Gasteiger partial charge is 0.378 e. The molecule has 0 heterocycles. The van der Waals surface area contributed by atoms with Crippen LogP contribution >= 0.6 is 0 Å². The quantitative estimate of drug-likeness (QED) is 0.870. The molecule has 0 aliphatic rings. The summed E-state index contributed by atoms with van der Waals surface area (Å²) in [6.45, 7) is 7.87. The van der Waals surface area contributed by atoms with Gasteiger partial charge in [0.2, 0.25) is 5.91 Å². The van der Waals surface area contributed by atoms with Gasteiger partial charge in [0, 0.05) is 24.3 Å². The zero-order chi connectivity index (χ0) is 15.4. The molecule has 2 rings (SSSR count). The highest BCUT2D eigenvalue weighted by Crippen LogP contribution is 2.25. The number of hydrogen-bond donors (Lipinski definition) is 2. The van der Waals surface area contributed by atoms with E-state index in [1.54, 1.807) is 0 Å². The average Bonchev–Trinajstić information content (AvgIpc) is 2.43. The predicted molar refractivity (Wildman–Crippen MR) is 88.7 cm³/mol. The van der Waals surface area contributed by atoms with E-state index in [1.165, 1.54) is 18.1 Å². The van der Waals surface area contributed by atoms with E-state index in [1.807, 2.05) is 18.2 Å². The topological polar surface area (TPSA) is 41.1 Å². The number of carbonyl (C=O) groups excluding carboxylic acids is 1. The highest BCUT2D eigenvalue weighted by molar-refractivity contribution is 5.88. The van der Waals surface area contributed by atoms with E-state index in [4.69, 9.17) is 0 Å². The second-order valence-corrected chi connectivity index (χ2v) is 5.42. The Balaban J connectivity index is 2.18. The highest BCUT2D eigenvalue weighted by Gasteiger charge is 2.08. The van der Waals surface area contributed by atoms with E-state index in [9.17, 15) is 4.79 Å². The number of benzene rings is 2. The molecule has 2 aromatic carbocycles. The maximum atomic E-state index is 11.1. The lowest BCUT2D eigenvalue weighted by atomic mass is 10.0. The van der Waals surface area contributed by atoms with Crippen LogP contribution in [-0.4, -0.2) is 5.91 Å². The molecule has 0 radical (unpaired) electrons. The molecule has 0 spiro atoms. The van der Waals surface area contributed by atoms with Crippen LogP contribution < -0.4 is 10.6 Å². The fourth-order valence-electron chi connectivity index (χ4n) is 2.31. The van der Waals surface area contributed by atoms with Gasteiger partial charge < -0.3 is 10.6 Å². The molecule has 1 atom stereocenters. The lowest BCUT2D eigenvalue weighted by Gasteiger charge is -2.19. The molecule has 3 nitrogen and oxygen atoms in total. The van der Waals surface area contributed by atoms with Crippen LogP contribution in [0.5, 0.6) is 0 Å². The molecule has 0 aliphatic carbocycles. The van der Waals surface area contributed by atoms with Gasteiger partial charge >= 0.3 is 0 Å². The summed E-state index contributed by atoms with van der Waals surface area (Å²) in [7, 11) is 0. The van der Waals surface area contributed by atoms with Crippen molar-refractivity contribution in [1.82, 2.24) is 0 Å². The molecule has 0 bridgehead atoms. The smallest absolute Gasteiger partial charge is 0.221 e. The molecule has 0 aliphatic heterocycles. The highest BCUT2D eigenvalue weighted by atomic mass is 16.1. The monoisotopic (exact) mass is 282 g/mol. The Morgan fingerprint density at radius 3 is 2.52 bits per heavy atom. The van der Waals surface area contributed by atoms with Crippen LogP contribution in [0.4, 0.5) is 11.4 Å². The van der Waals surface area contributed by atoms with E-state index in [0.29, 0.717) is 0 Å². The Morgan fingerprint density at radius 1 is 1.10 bits per heavy atom. The third kappa shape index (κ3) is 3.85. The number of aryl methyl sites for hydroxylation is 1. The number of anilines is 2. The summed E-state index contributed by atoms with van der Waals surface area (Å²) in [6.07, 6.45) is 0. The number of amides is 1. The molecule has 1 unspecified atom stereocenters. The number of rotatable bonds is 4. The second-order valence-electron chi connectivity index (χ2n) is 5.42. The van der Waals surface area contributed by atoms with Gasteiger partial charge in [-0.2, -0.15) is 0 Å². The summed E-state index contributed by atoms with van der Waals surface area (Å²) < 4.78 is 0. The minimum absolute atomic E-state index is 0.0534. The van der Waals surface area contributed by atoms with Crippen molar-refractivity contribution in [3.8, 4) is 0 Å². The van der Waals surface area contributed by atoms with Crippen LogP contribution in [0, 0.1) is 13.8 Å². The van der Waals surface area contributed by atoms with Crippen LogP contribution in [0.2, 0.25) is 0 Å². The van der Waals surface area contributed by atoms with Crippen molar-refractivity contribution in [2.45, 2.75) is 33.7 Å². The minimum atomic E-state index is -0.0534. The first kappa shape index (κ1) is 15.1. The van der Waals surface area contributed by atoms with Gasteiger partial charge in [0.1, 0.15) is 0 Å². The maximum absolute atomic E-state index is 11.1. The van der Waals surface area contributed by atoms with E-state index < -0.39 is 0 Å². The van der Waals surface area contributed by atoms with Crippen LogP contribution in [0.15, 0.2) is 42.5 Å². The van der Waals surface area contributed by atoms with Gasteiger partial charge in [-0.3, -0.25) is 4.79 Å². The molecule has 110 valence electrons. The molecule has 0 aromatic heterocycles. The molecule has 0 fully saturated rings. The van der Waals surface area contributed by atoms with Crippen LogP contribution in [0.1, 0.15) is 36.6 Å². The lowest BCUT2D eigenvalue weighted by molar-refractivity contribution is -0.114. The van der Waals surface area contributed by atoms with Gasteiger partial charge in [0.15, 0.2) is 0 Å². The summed E-state index contributed by atoms with van der Waals surface area (Å²) >= 11 is 0. The molecule has 21 heavy (non-hydrogen) atoms. The fraction of sp³-hybridized carbons (Fsp3) is 0.278. The Hall–Kier alpha value is -2.29. The van der Waals surface area contributed by atoms with Crippen molar-refractivity contribution >= 4 is 17.3 Å². The van der Waals surface area contributed by atoms with E-state index in [-0.39, 0.29) is 11.9 Å². The van der Waals surface area contributed by atoms with Gasteiger partial charge in [-0.25, -0.2) is 0 Å². The molecule has 3 heteroatoms. The standard InChI is InChI=1S/C18H22N2O/c1-12-7-5-10-18(13(12)2)19-14(3)16-8-6-9-17(11-16)20-15(4)21/h5-11,14,19H,1-4H3,(H,20,21). The summed E-state index contributed by atoms with van der Waals surface area (Å²) in [5.74, 6) is -0.0534. The van der Waals surface area contributed by atoms with Crippen LogP contribution in [0.3, 0.4) is 0 Å². The lowest BCUT2D eigenvalue weighted by Crippen LogP contribution is -2.10. The third-order valence-corrected chi connectivity index (χ3v) is 3.68. The van der Waals surface area contributed by atoms with Crippen molar-refractivity contribution in [3.05, 3.63) is 59.2 Å². The van der Waals surface area contributed by atoms with Gasteiger partial charge in [-0.15, -0.1) is 0 Å². The summed E-state index contributed by atoms with van der Waals surface area (Å²) in [4.78, 5) is 11.1. The molecular weight excluding hydrogens is 260 g/mol. The number of carbonyl (C=O) groups is 1. The molecular formula is C18H22N2O. The number of nitrogens with one attached hydrogen (secondary N) is 2. The molecule has 0 saturated carbocycles. The molecule has 2 aromatic rings. The van der Waals surface area contributed by atoms with Crippen LogP contribution in [0.25, 0.3) is 0 Å². The Kier molecular flexibility index (Phi) is 4.63. The summed E-state index contributed by atoms with van der Waals surface area (Å²) in [5, 5.41) is 6.35. The third-order valence-electron chi connectivity index (χ3n) is 3.68. The predicted octanol–water partition coefficient (Wildman–Crippen LogP) is 4.43. The fourth-order valence-corrected chi connectivity index (χ4v) is 2.31. The van der Waals surface area contributed by atoms with Gasteiger partial charge in [0.25, 0.3) is 0 Å². The summed E-state index contributed by atoms with van der Waals surface area (Å²) in [6, 6.07) is 14.4. The molecule has 0 saturated heterocycles. The van der Waals surface area contributed by atoms with Gasteiger partial charge in [-0.05, 0) is 55.7 Å². The average molecular weight is 282 g/mol. The van der Waals surface area contributed by atoms with Crippen molar-refractivity contribution in [1.29, 1.82) is 0 Å². The minimum Gasteiger partial charge on any atom is -0.378 e. The zero-order valence-corrected chi connectivity index (χ0v) is 13.0. The summed E-state index contributed by atoms with van der Waals surface area (Å²) in [5.41, 5.74) is 5.66. The van der Waals surface area contributed by atoms with Crippen LogP contribution in [-0.2, 0) is 4.79 Å². The Bertz CT molecular complexity index is 649. The van der Waals surface area contributed by atoms with Crippen molar-refractivity contribution in [2.24, 2.45) is 0 Å². The second kappa shape index (κ2) is 6.44. The SMILES string of the molecule is CC(=O)Nc1cccc(C(C)Nc2cccc(C)c2C)c1. The van der Waals surface area contributed by atoms with Crippen molar-refractivity contribution < 1.29 is 4.79 Å². The van der Waals surface area contributed by atoms with Crippen molar-refractivity contribution in [2.75, 3.05) is 10.6 Å². The van der Waals surface area contributed by atoms with Crippen molar-refractivity contribution in [3.63, 3.8) is 0 Å². The maximum Gasteiger partial charge on any atom is 0.221 e. The zero-order valence-electron chi connectivity index (χ0n) is 13.0. The first-order chi connectivity index (χ1) is 9.97. The normalized spacial score (nSPS) is 11.8. The number of hydrogen-bond acceptors (Lipinski definition) is 2. The molecule has 2 N–H and O–H groups in total. The van der Waals surface area contributed by atoms with Gasteiger partial charge in [-0.1, -0.05) is 24.3 Å². The Morgan fingerprint density at radius 2 is 1.81 bits per heavy atom.